The summed E-state index contributed by atoms with van der Waals surface area (Å²) in [6.07, 6.45) is -0.113. The number of benzene rings is 1. The number of ether oxygens (including phenoxy) is 1. The van der Waals surface area contributed by atoms with E-state index in [1.54, 1.807) is 0 Å². The van der Waals surface area contributed by atoms with Gasteiger partial charge < -0.3 is 26.0 Å². The number of rotatable bonds is 3. The second kappa shape index (κ2) is 7.80. The molecule has 0 saturated carbocycles. The van der Waals surface area contributed by atoms with Crippen LogP contribution in [-0.2, 0) is 14.3 Å². The van der Waals surface area contributed by atoms with E-state index in [-0.39, 0.29) is 29.0 Å². The van der Waals surface area contributed by atoms with E-state index >= 15 is 0 Å². The van der Waals surface area contributed by atoms with E-state index in [1.807, 2.05) is 4.90 Å². The third kappa shape index (κ3) is 3.94. The lowest BCUT2D eigenvalue weighted by Gasteiger charge is -2.30. The third-order valence-corrected chi connectivity index (χ3v) is 5.05. The summed E-state index contributed by atoms with van der Waals surface area (Å²) in [6, 6.07) is 3.82. The third-order valence-electron chi connectivity index (χ3n) is 4.76. The highest BCUT2D eigenvalue weighted by Gasteiger charge is 2.35. The molecule has 4 N–H and O–H groups in total. The lowest BCUT2D eigenvalue weighted by molar-refractivity contribution is -0.123. The van der Waals surface area contributed by atoms with E-state index in [4.69, 9.17) is 22.1 Å². The molecule has 1 atom stereocenters. The van der Waals surface area contributed by atoms with Gasteiger partial charge in [0.05, 0.1) is 29.7 Å². The number of nitrogens with two attached hydrogens (primary N) is 1. The average molecular weight is 421 g/mol. The second-order valence-corrected chi connectivity index (χ2v) is 7.10. The molecule has 2 amide bonds. The van der Waals surface area contributed by atoms with Crippen molar-refractivity contribution in [3.63, 3.8) is 0 Å². The minimum atomic E-state index is -0.888. The Balaban J connectivity index is 1.63. The van der Waals surface area contributed by atoms with Crippen molar-refractivity contribution >= 4 is 46.7 Å². The zero-order valence-corrected chi connectivity index (χ0v) is 16.0. The Labute approximate surface area is 170 Å². The van der Waals surface area contributed by atoms with E-state index < -0.39 is 17.6 Å². The number of nitrogen functional groups attached to an aromatic ring is 1. The molecular formula is C18H18ClFN6O3. The Hall–Kier alpha value is -2.98. The summed E-state index contributed by atoms with van der Waals surface area (Å²) in [5.74, 6) is -1.63. The van der Waals surface area contributed by atoms with Crippen molar-refractivity contribution in [1.82, 2.24) is 9.97 Å². The van der Waals surface area contributed by atoms with Crippen LogP contribution >= 0.6 is 11.6 Å². The number of morpholine rings is 1. The summed E-state index contributed by atoms with van der Waals surface area (Å²) in [4.78, 5) is 35.7. The number of anilines is 4. The van der Waals surface area contributed by atoms with Gasteiger partial charge in [-0.1, -0.05) is 11.6 Å². The zero-order chi connectivity index (χ0) is 20.5. The Bertz CT molecular complexity index is 982. The molecule has 4 rings (SSSR count). The largest absolute Gasteiger partial charge is 0.383 e. The van der Waals surface area contributed by atoms with Gasteiger partial charge in [0.25, 0.3) is 0 Å². The second-order valence-electron chi connectivity index (χ2n) is 6.69. The van der Waals surface area contributed by atoms with Crippen LogP contribution in [0.3, 0.4) is 0 Å². The zero-order valence-electron chi connectivity index (χ0n) is 15.2. The quantitative estimate of drug-likeness (QED) is 0.691. The first-order valence-electron chi connectivity index (χ1n) is 8.98. The van der Waals surface area contributed by atoms with Gasteiger partial charge in [-0.25, -0.2) is 4.39 Å². The molecule has 152 valence electrons. The van der Waals surface area contributed by atoms with Gasteiger partial charge in [0.2, 0.25) is 17.8 Å². The number of hydrogen-bond donors (Lipinski definition) is 3. The van der Waals surface area contributed by atoms with Gasteiger partial charge in [-0.3, -0.25) is 9.59 Å². The van der Waals surface area contributed by atoms with Crippen molar-refractivity contribution in [2.45, 2.75) is 12.3 Å². The van der Waals surface area contributed by atoms with Gasteiger partial charge in [-0.05, 0) is 18.2 Å². The van der Waals surface area contributed by atoms with E-state index in [0.29, 0.717) is 43.5 Å². The maximum atomic E-state index is 13.3. The van der Waals surface area contributed by atoms with Crippen molar-refractivity contribution in [3.05, 3.63) is 34.6 Å². The molecule has 0 radical (unpaired) electrons. The highest BCUT2D eigenvalue weighted by molar-refractivity contribution is 6.31. The van der Waals surface area contributed by atoms with Gasteiger partial charge in [0, 0.05) is 25.2 Å². The van der Waals surface area contributed by atoms with Crippen LogP contribution in [-0.4, -0.2) is 48.1 Å². The van der Waals surface area contributed by atoms with Crippen LogP contribution in [0, 0.1) is 5.82 Å². The molecule has 11 heteroatoms. The minimum absolute atomic E-state index is 0.113. The molecule has 9 nitrogen and oxygen atoms in total. The summed E-state index contributed by atoms with van der Waals surface area (Å²) >= 11 is 5.76. The molecule has 29 heavy (non-hydrogen) atoms. The fourth-order valence-corrected chi connectivity index (χ4v) is 3.50. The fourth-order valence-electron chi connectivity index (χ4n) is 3.32. The van der Waals surface area contributed by atoms with Crippen LogP contribution in [0.4, 0.5) is 27.7 Å². The molecule has 0 spiro atoms. The number of halogens is 2. The standard InChI is InChI=1S/C18H18ClFN6O3/c19-11-7-9(1-2-12(11)20)22-17(28)10-8-13(27)23-16-14(10)15(21)24-18(25-16)26-3-5-29-6-4-26/h1-2,7,10H,3-6,8H2,(H,22,28)(H3,21,23,24,25,27)/t10-/m0/s1. The topological polar surface area (TPSA) is 122 Å². The molecule has 2 aliphatic heterocycles. The van der Waals surface area contributed by atoms with Crippen molar-refractivity contribution in [2.24, 2.45) is 0 Å². The molecule has 2 aromatic rings. The van der Waals surface area contributed by atoms with Crippen LogP contribution < -0.4 is 21.3 Å². The predicted molar refractivity (Wildman–Crippen MR) is 106 cm³/mol. The van der Waals surface area contributed by atoms with Crippen molar-refractivity contribution in [2.75, 3.05) is 47.6 Å². The Morgan fingerprint density at radius 2 is 2.10 bits per heavy atom. The Morgan fingerprint density at radius 1 is 1.34 bits per heavy atom. The Morgan fingerprint density at radius 3 is 2.83 bits per heavy atom. The summed E-state index contributed by atoms with van der Waals surface area (Å²) in [6.45, 7) is 2.28. The molecule has 1 aromatic carbocycles. The normalized spacial score (nSPS) is 18.8. The lowest BCUT2D eigenvalue weighted by Crippen LogP contribution is -2.38. The molecule has 1 fully saturated rings. The summed E-state index contributed by atoms with van der Waals surface area (Å²) in [5.41, 5.74) is 6.81. The van der Waals surface area contributed by atoms with E-state index in [9.17, 15) is 14.0 Å². The van der Waals surface area contributed by atoms with Crippen molar-refractivity contribution in [3.8, 4) is 0 Å². The first-order chi connectivity index (χ1) is 13.9. The van der Waals surface area contributed by atoms with Gasteiger partial charge in [0.1, 0.15) is 17.5 Å². The molecule has 3 heterocycles. The molecule has 2 aliphatic rings. The number of carbonyl (C=O) groups is 2. The van der Waals surface area contributed by atoms with Crippen LogP contribution in [0.1, 0.15) is 17.9 Å². The number of amides is 2. The highest BCUT2D eigenvalue weighted by Crippen LogP contribution is 2.36. The van der Waals surface area contributed by atoms with Crippen LogP contribution in [0.15, 0.2) is 18.2 Å². The first kappa shape index (κ1) is 19.3. The molecule has 0 unspecified atom stereocenters. The number of nitrogens with zero attached hydrogens (tertiary/aromatic N) is 3. The van der Waals surface area contributed by atoms with Gasteiger partial charge in [0.15, 0.2) is 0 Å². The fraction of sp³-hybridized carbons (Fsp3) is 0.333. The number of fused-ring (bicyclic) bond motifs is 1. The van der Waals surface area contributed by atoms with E-state index in [1.165, 1.54) is 12.1 Å². The van der Waals surface area contributed by atoms with Crippen LogP contribution in [0.25, 0.3) is 0 Å². The smallest absolute Gasteiger partial charge is 0.232 e. The molecule has 0 aliphatic carbocycles. The van der Waals surface area contributed by atoms with E-state index in [2.05, 4.69) is 20.6 Å². The summed E-state index contributed by atoms with van der Waals surface area (Å²) in [5, 5.41) is 5.18. The van der Waals surface area contributed by atoms with Crippen molar-refractivity contribution < 1.29 is 18.7 Å². The molecule has 1 aromatic heterocycles. The predicted octanol–water partition coefficient (Wildman–Crippen LogP) is 1.75. The number of nitrogens with one attached hydrogen (secondary N) is 2. The molecule has 1 saturated heterocycles. The van der Waals surface area contributed by atoms with Gasteiger partial charge in [-0.2, -0.15) is 9.97 Å². The maximum Gasteiger partial charge on any atom is 0.232 e. The monoisotopic (exact) mass is 420 g/mol. The van der Waals surface area contributed by atoms with Gasteiger partial charge in [-0.15, -0.1) is 0 Å². The maximum absolute atomic E-state index is 13.3. The highest BCUT2D eigenvalue weighted by atomic mass is 35.5. The first-order valence-corrected chi connectivity index (χ1v) is 9.36. The summed E-state index contributed by atoms with van der Waals surface area (Å²) in [7, 11) is 0. The molecule has 0 bridgehead atoms. The summed E-state index contributed by atoms with van der Waals surface area (Å²) < 4.78 is 18.7. The van der Waals surface area contributed by atoms with Gasteiger partial charge >= 0.3 is 0 Å². The number of hydrogen-bond acceptors (Lipinski definition) is 7. The Kier molecular flexibility index (Phi) is 5.20. The lowest BCUT2D eigenvalue weighted by atomic mass is 9.92. The minimum Gasteiger partial charge on any atom is -0.383 e. The molecular weight excluding hydrogens is 403 g/mol. The average Bonchev–Trinajstić information content (AvgIpc) is 2.70. The van der Waals surface area contributed by atoms with E-state index in [0.717, 1.165) is 6.07 Å². The number of carbonyl (C=O) groups excluding carboxylic acids is 2. The van der Waals surface area contributed by atoms with Crippen LogP contribution in [0.5, 0.6) is 0 Å². The van der Waals surface area contributed by atoms with Crippen LogP contribution in [0.2, 0.25) is 5.02 Å². The van der Waals surface area contributed by atoms with Crippen molar-refractivity contribution in [1.29, 1.82) is 0 Å². The SMILES string of the molecule is Nc1nc(N2CCOCC2)nc2c1[C@@H](C(=O)Nc1ccc(F)c(Cl)c1)CC(=O)N2. The number of aromatic nitrogens is 2.